The Balaban J connectivity index is 1.71. The van der Waals surface area contributed by atoms with Gasteiger partial charge in [0.25, 0.3) is 11.5 Å². The number of hydrogen-bond acceptors (Lipinski definition) is 5. The third-order valence-corrected chi connectivity index (χ3v) is 3.51. The Kier molecular flexibility index (Phi) is 4.43. The molecule has 0 saturated carbocycles. The van der Waals surface area contributed by atoms with Crippen molar-refractivity contribution in [2.45, 2.75) is 13.5 Å². The van der Waals surface area contributed by atoms with Crippen molar-refractivity contribution < 1.29 is 9.21 Å². The molecule has 0 atom stereocenters. The number of oxazole rings is 1. The van der Waals surface area contributed by atoms with Gasteiger partial charge in [0.15, 0.2) is 5.76 Å². The van der Waals surface area contributed by atoms with E-state index in [2.05, 4.69) is 20.5 Å². The first-order chi connectivity index (χ1) is 11.5. The SMILES string of the molecule is Cc1nc(CNC(=O)c2ccc(=O)[nH]n2)oc1-c1ccc(Cl)cc1. The molecule has 24 heavy (non-hydrogen) atoms. The van der Waals surface area contributed by atoms with E-state index in [0.29, 0.717) is 22.4 Å². The molecule has 0 aliphatic rings. The summed E-state index contributed by atoms with van der Waals surface area (Å²) >= 11 is 5.87. The van der Waals surface area contributed by atoms with Crippen LogP contribution in [0.2, 0.25) is 5.02 Å². The van der Waals surface area contributed by atoms with Crippen LogP contribution in [0.15, 0.2) is 45.6 Å². The summed E-state index contributed by atoms with van der Waals surface area (Å²) in [6.07, 6.45) is 0. The molecule has 0 spiro atoms. The van der Waals surface area contributed by atoms with E-state index in [-0.39, 0.29) is 17.8 Å². The van der Waals surface area contributed by atoms with Crippen LogP contribution >= 0.6 is 11.6 Å². The number of amides is 1. The minimum atomic E-state index is -0.435. The number of hydrogen-bond donors (Lipinski definition) is 2. The molecule has 2 aromatic heterocycles. The molecule has 0 saturated heterocycles. The fourth-order valence-electron chi connectivity index (χ4n) is 2.11. The highest BCUT2D eigenvalue weighted by molar-refractivity contribution is 6.30. The number of aromatic nitrogens is 3. The van der Waals surface area contributed by atoms with Crippen molar-refractivity contribution in [3.63, 3.8) is 0 Å². The second-order valence-electron chi connectivity index (χ2n) is 5.02. The monoisotopic (exact) mass is 344 g/mol. The molecule has 0 aliphatic heterocycles. The largest absolute Gasteiger partial charge is 0.438 e. The van der Waals surface area contributed by atoms with Gasteiger partial charge in [-0.25, -0.2) is 10.1 Å². The molecular weight excluding hydrogens is 332 g/mol. The van der Waals surface area contributed by atoms with Crippen LogP contribution < -0.4 is 10.9 Å². The average molecular weight is 345 g/mol. The maximum absolute atomic E-state index is 11.9. The van der Waals surface area contributed by atoms with Crippen molar-refractivity contribution in [1.82, 2.24) is 20.5 Å². The number of rotatable bonds is 4. The second-order valence-corrected chi connectivity index (χ2v) is 5.45. The summed E-state index contributed by atoms with van der Waals surface area (Å²) in [5, 5.41) is 9.13. The van der Waals surface area contributed by atoms with Crippen LogP contribution in [-0.4, -0.2) is 21.1 Å². The van der Waals surface area contributed by atoms with Crippen molar-refractivity contribution in [1.29, 1.82) is 0 Å². The fourth-order valence-corrected chi connectivity index (χ4v) is 2.24. The third-order valence-electron chi connectivity index (χ3n) is 3.26. The molecule has 8 heteroatoms. The Labute approximate surface area is 141 Å². The van der Waals surface area contributed by atoms with E-state index < -0.39 is 5.91 Å². The van der Waals surface area contributed by atoms with Gasteiger partial charge in [0.2, 0.25) is 5.89 Å². The molecule has 3 rings (SSSR count). The Morgan fingerprint density at radius 2 is 2.00 bits per heavy atom. The van der Waals surface area contributed by atoms with E-state index in [9.17, 15) is 9.59 Å². The highest BCUT2D eigenvalue weighted by Gasteiger charge is 2.13. The first-order valence-electron chi connectivity index (χ1n) is 7.09. The number of aryl methyl sites for hydroxylation is 1. The molecule has 0 radical (unpaired) electrons. The molecule has 2 heterocycles. The summed E-state index contributed by atoms with van der Waals surface area (Å²) in [4.78, 5) is 27.2. The van der Waals surface area contributed by atoms with E-state index in [0.717, 1.165) is 5.56 Å². The summed E-state index contributed by atoms with van der Waals surface area (Å²) < 4.78 is 5.70. The Morgan fingerprint density at radius 1 is 1.25 bits per heavy atom. The average Bonchev–Trinajstić information content (AvgIpc) is 2.95. The van der Waals surface area contributed by atoms with Gasteiger partial charge in [-0.05, 0) is 37.3 Å². The highest BCUT2D eigenvalue weighted by atomic mass is 35.5. The van der Waals surface area contributed by atoms with Crippen LogP contribution in [0.4, 0.5) is 0 Å². The van der Waals surface area contributed by atoms with E-state index in [4.69, 9.17) is 16.0 Å². The van der Waals surface area contributed by atoms with Crippen LogP contribution in [0, 0.1) is 6.92 Å². The fraction of sp³-hybridized carbons (Fsp3) is 0.125. The molecule has 7 nitrogen and oxygen atoms in total. The summed E-state index contributed by atoms with van der Waals surface area (Å²) in [7, 11) is 0. The van der Waals surface area contributed by atoms with Crippen LogP contribution in [0.5, 0.6) is 0 Å². The van der Waals surface area contributed by atoms with Gasteiger partial charge in [0.05, 0.1) is 12.2 Å². The summed E-state index contributed by atoms with van der Waals surface area (Å²) in [6.45, 7) is 1.93. The predicted molar refractivity (Wildman–Crippen MR) is 87.7 cm³/mol. The van der Waals surface area contributed by atoms with Crippen LogP contribution in [0.3, 0.4) is 0 Å². The lowest BCUT2D eigenvalue weighted by Gasteiger charge is -2.01. The van der Waals surface area contributed by atoms with Gasteiger partial charge in [0, 0.05) is 16.7 Å². The normalized spacial score (nSPS) is 10.6. The van der Waals surface area contributed by atoms with Crippen molar-refractivity contribution in [3.8, 4) is 11.3 Å². The molecule has 1 amide bonds. The first-order valence-corrected chi connectivity index (χ1v) is 7.47. The van der Waals surface area contributed by atoms with E-state index in [1.54, 1.807) is 12.1 Å². The summed E-state index contributed by atoms with van der Waals surface area (Å²) in [5.41, 5.74) is 1.30. The minimum Gasteiger partial charge on any atom is -0.438 e. The lowest BCUT2D eigenvalue weighted by Crippen LogP contribution is -2.25. The zero-order valence-corrected chi connectivity index (χ0v) is 13.4. The van der Waals surface area contributed by atoms with E-state index in [1.165, 1.54) is 12.1 Å². The van der Waals surface area contributed by atoms with E-state index in [1.807, 2.05) is 19.1 Å². The van der Waals surface area contributed by atoms with Crippen molar-refractivity contribution >= 4 is 17.5 Å². The molecule has 1 aromatic carbocycles. The number of nitrogens with one attached hydrogen (secondary N) is 2. The molecular formula is C16H13ClN4O3. The summed E-state index contributed by atoms with van der Waals surface area (Å²) in [5.74, 6) is 0.559. The number of nitrogens with zero attached hydrogens (tertiary/aromatic N) is 2. The highest BCUT2D eigenvalue weighted by Crippen LogP contribution is 2.25. The molecule has 0 fully saturated rings. The van der Waals surface area contributed by atoms with Gasteiger partial charge in [-0.2, -0.15) is 5.10 Å². The lowest BCUT2D eigenvalue weighted by molar-refractivity contribution is 0.0941. The zero-order valence-electron chi connectivity index (χ0n) is 12.7. The van der Waals surface area contributed by atoms with Gasteiger partial charge in [0.1, 0.15) is 5.69 Å². The van der Waals surface area contributed by atoms with Gasteiger partial charge >= 0.3 is 0 Å². The Morgan fingerprint density at radius 3 is 2.67 bits per heavy atom. The number of H-pyrrole nitrogens is 1. The number of carbonyl (C=O) groups excluding carboxylic acids is 1. The van der Waals surface area contributed by atoms with Crippen LogP contribution in [-0.2, 0) is 6.54 Å². The Bertz CT molecular complexity index is 911. The van der Waals surface area contributed by atoms with Gasteiger partial charge in [-0.15, -0.1) is 0 Å². The van der Waals surface area contributed by atoms with Crippen molar-refractivity contribution in [3.05, 3.63) is 69.1 Å². The third kappa shape index (κ3) is 3.52. The number of carbonyl (C=O) groups is 1. The van der Waals surface area contributed by atoms with Crippen molar-refractivity contribution in [2.75, 3.05) is 0 Å². The standard InChI is InChI=1S/C16H13ClN4O3/c1-9-15(10-2-4-11(17)5-3-10)24-14(19-9)8-18-16(23)12-6-7-13(22)21-20-12/h2-7H,8H2,1H3,(H,18,23)(H,21,22). The predicted octanol–water partition coefficient (Wildman–Crippen LogP) is 2.32. The van der Waals surface area contributed by atoms with Gasteiger partial charge in [-0.1, -0.05) is 11.6 Å². The zero-order chi connectivity index (χ0) is 17.1. The maximum Gasteiger partial charge on any atom is 0.272 e. The molecule has 122 valence electrons. The molecule has 0 bridgehead atoms. The number of halogens is 1. The lowest BCUT2D eigenvalue weighted by atomic mass is 10.1. The molecule has 2 N–H and O–H groups in total. The van der Waals surface area contributed by atoms with Crippen LogP contribution in [0.25, 0.3) is 11.3 Å². The van der Waals surface area contributed by atoms with E-state index >= 15 is 0 Å². The molecule has 0 aliphatic carbocycles. The topological polar surface area (TPSA) is 101 Å². The quantitative estimate of drug-likeness (QED) is 0.756. The molecule has 3 aromatic rings. The van der Waals surface area contributed by atoms with Crippen molar-refractivity contribution in [2.24, 2.45) is 0 Å². The number of benzene rings is 1. The van der Waals surface area contributed by atoms with Crippen LogP contribution in [0.1, 0.15) is 22.1 Å². The van der Waals surface area contributed by atoms with Gasteiger partial charge in [-0.3, -0.25) is 9.59 Å². The Hall–Kier alpha value is -2.93. The smallest absolute Gasteiger partial charge is 0.272 e. The first kappa shape index (κ1) is 15.9. The van der Waals surface area contributed by atoms with Gasteiger partial charge < -0.3 is 9.73 Å². The maximum atomic E-state index is 11.9. The minimum absolute atomic E-state index is 0.105. The molecule has 0 unspecified atom stereocenters. The second kappa shape index (κ2) is 6.67. The summed E-state index contributed by atoms with van der Waals surface area (Å²) in [6, 6.07) is 9.78. The number of aromatic amines is 1.